The van der Waals surface area contributed by atoms with Crippen LogP contribution < -0.4 is 0 Å². The van der Waals surface area contributed by atoms with Crippen LogP contribution in [0.3, 0.4) is 0 Å². The van der Waals surface area contributed by atoms with E-state index in [0.717, 1.165) is 24.6 Å². The fourth-order valence-corrected chi connectivity index (χ4v) is 2.43. The van der Waals surface area contributed by atoms with E-state index in [1.165, 1.54) is 12.8 Å². The Morgan fingerprint density at radius 1 is 1.21 bits per heavy atom. The lowest BCUT2D eigenvalue weighted by atomic mass is 9.97. The van der Waals surface area contributed by atoms with Crippen molar-refractivity contribution in [3.05, 3.63) is 11.8 Å². The third kappa shape index (κ3) is 2.72. The zero-order valence-electron chi connectivity index (χ0n) is 11.2. The van der Waals surface area contributed by atoms with Crippen molar-refractivity contribution in [2.75, 3.05) is 19.7 Å². The normalized spacial score (nSPS) is 20.6. The van der Waals surface area contributed by atoms with Gasteiger partial charge in [-0.3, -0.25) is 0 Å². The molecule has 0 aromatic carbocycles. The molecular weight excluding hydrogens is 246 g/mol. The molecule has 6 heteroatoms. The molecule has 1 saturated carbocycles. The molecule has 0 spiro atoms. The Morgan fingerprint density at radius 3 is 2.32 bits per heavy atom. The molecule has 0 radical (unpaired) electrons. The van der Waals surface area contributed by atoms with Crippen LogP contribution in [0.2, 0.25) is 0 Å². The number of nitrogens with zero attached hydrogens (tertiary/aromatic N) is 3. The van der Waals surface area contributed by atoms with Gasteiger partial charge >= 0.3 is 6.09 Å². The molecule has 3 rings (SSSR count). The van der Waals surface area contributed by atoms with Crippen molar-refractivity contribution < 1.29 is 13.9 Å². The predicted octanol–water partition coefficient (Wildman–Crippen LogP) is 2.28. The number of hydrogen-bond acceptors (Lipinski definition) is 5. The third-order valence-electron chi connectivity index (χ3n) is 3.75. The van der Waals surface area contributed by atoms with Crippen LogP contribution in [0.4, 0.5) is 4.79 Å². The van der Waals surface area contributed by atoms with Gasteiger partial charge in [0.1, 0.15) is 0 Å². The molecule has 0 unspecified atom stereocenters. The highest BCUT2D eigenvalue weighted by Crippen LogP contribution is 2.40. The number of carbonyl (C=O) groups is 1. The smallest absolute Gasteiger partial charge is 0.409 e. The zero-order valence-corrected chi connectivity index (χ0v) is 11.2. The predicted molar refractivity (Wildman–Crippen MR) is 66.8 cm³/mol. The molecule has 0 bridgehead atoms. The summed E-state index contributed by atoms with van der Waals surface area (Å²) in [5, 5.41) is 8.27. The summed E-state index contributed by atoms with van der Waals surface area (Å²) in [5.74, 6) is 2.32. The molecule has 1 aromatic heterocycles. The SMILES string of the molecule is CCOC(=O)N1CCC(c2nnc(C3CC3)o2)CC1. The summed E-state index contributed by atoms with van der Waals surface area (Å²) in [5.41, 5.74) is 0. The van der Waals surface area contributed by atoms with E-state index in [4.69, 9.17) is 9.15 Å². The number of piperidine rings is 1. The molecule has 1 aliphatic carbocycles. The number of rotatable bonds is 3. The van der Waals surface area contributed by atoms with E-state index < -0.39 is 0 Å². The Balaban J connectivity index is 1.55. The quantitative estimate of drug-likeness (QED) is 0.838. The summed E-state index contributed by atoms with van der Waals surface area (Å²) in [6.07, 6.45) is 3.85. The van der Waals surface area contributed by atoms with Gasteiger partial charge in [0.05, 0.1) is 6.61 Å². The summed E-state index contributed by atoms with van der Waals surface area (Å²) < 4.78 is 10.7. The summed E-state index contributed by atoms with van der Waals surface area (Å²) in [4.78, 5) is 13.3. The number of likely N-dealkylation sites (tertiary alicyclic amines) is 1. The van der Waals surface area contributed by atoms with E-state index in [1.807, 2.05) is 6.92 Å². The highest BCUT2D eigenvalue weighted by Gasteiger charge is 2.32. The molecule has 1 aliphatic heterocycles. The monoisotopic (exact) mass is 265 g/mol. The Bertz CT molecular complexity index is 448. The van der Waals surface area contributed by atoms with E-state index in [0.29, 0.717) is 25.6 Å². The maximum Gasteiger partial charge on any atom is 0.409 e. The van der Waals surface area contributed by atoms with Crippen molar-refractivity contribution in [1.29, 1.82) is 0 Å². The minimum atomic E-state index is -0.217. The lowest BCUT2D eigenvalue weighted by Crippen LogP contribution is -2.38. The first kappa shape index (κ1) is 12.4. The van der Waals surface area contributed by atoms with Gasteiger partial charge < -0.3 is 14.1 Å². The molecule has 19 heavy (non-hydrogen) atoms. The molecular formula is C13H19N3O3. The molecule has 1 amide bonds. The summed E-state index contributed by atoms with van der Waals surface area (Å²) >= 11 is 0. The Labute approximate surface area is 112 Å². The maximum absolute atomic E-state index is 11.6. The van der Waals surface area contributed by atoms with Gasteiger partial charge in [-0.05, 0) is 32.6 Å². The summed E-state index contributed by atoms with van der Waals surface area (Å²) in [6.45, 7) is 3.64. The zero-order chi connectivity index (χ0) is 13.2. The molecule has 2 aliphatic rings. The number of ether oxygens (including phenoxy) is 1. The molecule has 0 atom stereocenters. The maximum atomic E-state index is 11.6. The largest absolute Gasteiger partial charge is 0.450 e. The second kappa shape index (κ2) is 5.19. The first-order valence-electron chi connectivity index (χ1n) is 7.03. The number of amides is 1. The van der Waals surface area contributed by atoms with Crippen molar-refractivity contribution in [3.63, 3.8) is 0 Å². The first-order valence-corrected chi connectivity index (χ1v) is 7.03. The fraction of sp³-hybridized carbons (Fsp3) is 0.769. The second-order valence-corrected chi connectivity index (χ2v) is 5.21. The van der Waals surface area contributed by atoms with E-state index in [2.05, 4.69) is 10.2 Å². The Kier molecular flexibility index (Phi) is 3.40. The Morgan fingerprint density at radius 2 is 1.79 bits per heavy atom. The Hall–Kier alpha value is -1.59. The molecule has 2 fully saturated rings. The van der Waals surface area contributed by atoms with E-state index in [-0.39, 0.29) is 12.0 Å². The van der Waals surface area contributed by atoms with E-state index in [1.54, 1.807) is 4.90 Å². The lowest BCUT2D eigenvalue weighted by molar-refractivity contribution is 0.0953. The van der Waals surface area contributed by atoms with Crippen LogP contribution in [0.1, 0.15) is 56.2 Å². The van der Waals surface area contributed by atoms with Gasteiger partial charge in [-0.15, -0.1) is 10.2 Å². The molecule has 6 nitrogen and oxygen atoms in total. The highest BCUT2D eigenvalue weighted by atomic mass is 16.6. The summed E-state index contributed by atoms with van der Waals surface area (Å²) in [7, 11) is 0. The van der Waals surface area contributed by atoms with Crippen LogP contribution in [0.25, 0.3) is 0 Å². The van der Waals surface area contributed by atoms with Crippen molar-refractivity contribution in [2.45, 2.75) is 44.4 Å². The highest BCUT2D eigenvalue weighted by molar-refractivity contribution is 5.67. The van der Waals surface area contributed by atoms with Gasteiger partial charge in [-0.2, -0.15) is 0 Å². The second-order valence-electron chi connectivity index (χ2n) is 5.21. The molecule has 1 aromatic rings. The fourth-order valence-electron chi connectivity index (χ4n) is 2.43. The summed E-state index contributed by atoms with van der Waals surface area (Å²) in [6, 6.07) is 0. The lowest BCUT2D eigenvalue weighted by Gasteiger charge is -2.29. The van der Waals surface area contributed by atoms with Gasteiger partial charge in [-0.25, -0.2) is 4.79 Å². The average Bonchev–Trinajstić information content (AvgIpc) is 3.17. The van der Waals surface area contributed by atoms with Gasteiger partial charge in [0.15, 0.2) is 0 Å². The topological polar surface area (TPSA) is 68.5 Å². The average molecular weight is 265 g/mol. The molecule has 0 N–H and O–H groups in total. The molecule has 1 saturated heterocycles. The van der Waals surface area contributed by atoms with Crippen LogP contribution in [-0.2, 0) is 4.74 Å². The van der Waals surface area contributed by atoms with Gasteiger partial charge in [0.25, 0.3) is 0 Å². The number of aromatic nitrogens is 2. The van der Waals surface area contributed by atoms with Crippen LogP contribution in [-0.4, -0.2) is 40.9 Å². The molecule has 2 heterocycles. The van der Waals surface area contributed by atoms with Gasteiger partial charge in [0.2, 0.25) is 11.8 Å². The van der Waals surface area contributed by atoms with Crippen LogP contribution in [0, 0.1) is 0 Å². The first-order chi connectivity index (χ1) is 9.28. The number of hydrogen-bond donors (Lipinski definition) is 0. The van der Waals surface area contributed by atoms with Gasteiger partial charge in [-0.1, -0.05) is 0 Å². The minimum absolute atomic E-state index is 0.217. The van der Waals surface area contributed by atoms with Crippen LogP contribution in [0.15, 0.2) is 4.42 Å². The van der Waals surface area contributed by atoms with E-state index >= 15 is 0 Å². The van der Waals surface area contributed by atoms with Crippen LogP contribution >= 0.6 is 0 Å². The standard InChI is InChI=1S/C13H19N3O3/c1-2-18-13(17)16-7-5-10(6-8-16)12-15-14-11(19-12)9-3-4-9/h9-10H,2-8H2,1H3. The van der Waals surface area contributed by atoms with Crippen LogP contribution in [0.5, 0.6) is 0 Å². The van der Waals surface area contributed by atoms with Crippen molar-refractivity contribution in [1.82, 2.24) is 15.1 Å². The number of carbonyl (C=O) groups excluding carboxylic acids is 1. The minimum Gasteiger partial charge on any atom is -0.450 e. The van der Waals surface area contributed by atoms with E-state index in [9.17, 15) is 4.79 Å². The van der Waals surface area contributed by atoms with Gasteiger partial charge in [0, 0.05) is 24.9 Å². The van der Waals surface area contributed by atoms with Crippen molar-refractivity contribution >= 4 is 6.09 Å². The third-order valence-corrected chi connectivity index (χ3v) is 3.75. The van der Waals surface area contributed by atoms with Crippen molar-refractivity contribution in [3.8, 4) is 0 Å². The molecule has 104 valence electrons. The van der Waals surface area contributed by atoms with Crippen molar-refractivity contribution in [2.24, 2.45) is 0 Å².